The van der Waals surface area contributed by atoms with Crippen LogP contribution in [0.4, 0.5) is 5.69 Å². The molecule has 1 aromatic rings. The van der Waals surface area contributed by atoms with Crippen LogP contribution < -0.4 is 11.1 Å². The number of pyridine rings is 1. The fourth-order valence-corrected chi connectivity index (χ4v) is 1.67. The van der Waals surface area contributed by atoms with Gasteiger partial charge in [0.2, 0.25) is 0 Å². The zero-order valence-corrected chi connectivity index (χ0v) is 10.8. The number of hydrogen-bond donors (Lipinski definition) is 3. The van der Waals surface area contributed by atoms with Gasteiger partial charge in [-0.2, -0.15) is 0 Å². The van der Waals surface area contributed by atoms with Crippen molar-refractivity contribution in [1.29, 1.82) is 0 Å². The summed E-state index contributed by atoms with van der Waals surface area (Å²) in [6.45, 7) is 2.66. The van der Waals surface area contributed by atoms with E-state index >= 15 is 0 Å². The van der Waals surface area contributed by atoms with E-state index in [9.17, 15) is 4.79 Å². The van der Waals surface area contributed by atoms with Gasteiger partial charge in [0.15, 0.2) is 0 Å². The van der Waals surface area contributed by atoms with E-state index < -0.39 is 0 Å². The summed E-state index contributed by atoms with van der Waals surface area (Å²) in [6, 6.07) is 1.64. The van der Waals surface area contributed by atoms with Crippen molar-refractivity contribution in [3.63, 3.8) is 0 Å². The number of amides is 1. The third kappa shape index (κ3) is 4.71. The van der Waals surface area contributed by atoms with Crippen molar-refractivity contribution in [1.82, 2.24) is 10.3 Å². The quantitative estimate of drug-likeness (QED) is 0.636. The highest BCUT2D eigenvalue weighted by Crippen LogP contribution is 2.09. The molecule has 0 spiro atoms. The minimum absolute atomic E-state index is 0.130. The normalized spacial score (nSPS) is 10.3. The summed E-state index contributed by atoms with van der Waals surface area (Å²) in [5.41, 5.74) is 7.32. The van der Waals surface area contributed by atoms with Crippen LogP contribution in [-0.4, -0.2) is 29.1 Å². The summed E-state index contributed by atoms with van der Waals surface area (Å²) in [5.74, 6) is -0.130. The van der Waals surface area contributed by atoms with Gasteiger partial charge < -0.3 is 16.2 Å². The lowest BCUT2D eigenvalue weighted by Crippen LogP contribution is -2.25. The Morgan fingerprint density at radius 2 is 2.11 bits per heavy atom. The number of carbonyl (C=O) groups excluding carboxylic acids is 1. The number of aliphatic hydroxyl groups excluding tert-OH is 1. The SMILES string of the molecule is Cc1ncc(N)cc1C(=O)NCCCCCCO. The molecular weight excluding hydrogens is 230 g/mol. The number of aromatic nitrogens is 1. The molecule has 0 saturated carbocycles. The highest BCUT2D eigenvalue weighted by Gasteiger charge is 2.09. The number of nitrogen functional groups attached to an aromatic ring is 1. The predicted molar refractivity (Wildman–Crippen MR) is 71.3 cm³/mol. The second-order valence-corrected chi connectivity index (χ2v) is 4.30. The summed E-state index contributed by atoms with van der Waals surface area (Å²) in [6.07, 6.45) is 5.29. The first-order valence-electron chi connectivity index (χ1n) is 6.26. The minimum Gasteiger partial charge on any atom is -0.397 e. The Labute approximate surface area is 107 Å². The Kier molecular flexibility index (Phi) is 6.14. The van der Waals surface area contributed by atoms with Crippen molar-refractivity contribution in [2.24, 2.45) is 0 Å². The van der Waals surface area contributed by atoms with Crippen molar-refractivity contribution in [2.75, 3.05) is 18.9 Å². The zero-order valence-electron chi connectivity index (χ0n) is 10.8. The number of nitrogens with zero attached hydrogens (tertiary/aromatic N) is 1. The average molecular weight is 251 g/mol. The van der Waals surface area contributed by atoms with Crippen LogP contribution in [0.25, 0.3) is 0 Å². The van der Waals surface area contributed by atoms with Gasteiger partial charge in [-0.1, -0.05) is 12.8 Å². The minimum atomic E-state index is -0.130. The van der Waals surface area contributed by atoms with Gasteiger partial charge in [-0.25, -0.2) is 0 Å². The number of unbranched alkanes of at least 4 members (excludes halogenated alkanes) is 3. The Hall–Kier alpha value is -1.62. The number of aryl methyl sites for hydroxylation is 1. The van der Waals surface area contributed by atoms with Crippen LogP contribution in [0.1, 0.15) is 41.7 Å². The van der Waals surface area contributed by atoms with E-state index in [1.54, 1.807) is 19.2 Å². The smallest absolute Gasteiger partial charge is 0.253 e. The molecule has 0 unspecified atom stereocenters. The van der Waals surface area contributed by atoms with E-state index in [1.807, 2.05) is 0 Å². The van der Waals surface area contributed by atoms with Crippen LogP contribution in [0.15, 0.2) is 12.3 Å². The number of anilines is 1. The number of hydrogen-bond acceptors (Lipinski definition) is 4. The number of aliphatic hydroxyl groups is 1. The molecule has 1 amide bonds. The predicted octanol–water partition coefficient (Wildman–Crippen LogP) is 1.25. The van der Waals surface area contributed by atoms with Crippen LogP contribution >= 0.6 is 0 Å². The molecule has 0 aliphatic carbocycles. The lowest BCUT2D eigenvalue weighted by Gasteiger charge is -2.07. The van der Waals surface area contributed by atoms with Gasteiger partial charge in [-0.15, -0.1) is 0 Å². The van der Waals surface area contributed by atoms with Crippen molar-refractivity contribution < 1.29 is 9.90 Å². The highest BCUT2D eigenvalue weighted by atomic mass is 16.2. The van der Waals surface area contributed by atoms with Crippen LogP contribution in [0.5, 0.6) is 0 Å². The summed E-state index contributed by atoms with van der Waals surface area (Å²) in [5, 5.41) is 11.5. The molecule has 1 rings (SSSR count). The number of nitrogens with one attached hydrogen (secondary N) is 1. The Balaban J connectivity index is 2.34. The monoisotopic (exact) mass is 251 g/mol. The van der Waals surface area contributed by atoms with Gasteiger partial charge in [0, 0.05) is 13.2 Å². The molecule has 0 aliphatic heterocycles. The third-order valence-corrected chi connectivity index (χ3v) is 2.72. The molecule has 18 heavy (non-hydrogen) atoms. The third-order valence-electron chi connectivity index (χ3n) is 2.72. The van der Waals surface area contributed by atoms with Crippen LogP contribution in [0.3, 0.4) is 0 Å². The molecule has 5 nitrogen and oxygen atoms in total. The molecule has 5 heteroatoms. The summed E-state index contributed by atoms with van der Waals surface area (Å²) in [4.78, 5) is 15.9. The van der Waals surface area contributed by atoms with Gasteiger partial charge in [-0.3, -0.25) is 9.78 Å². The number of carbonyl (C=O) groups is 1. The molecular formula is C13H21N3O2. The maximum Gasteiger partial charge on any atom is 0.253 e. The Morgan fingerprint density at radius 3 is 2.83 bits per heavy atom. The van der Waals surface area contributed by atoms with E-state index in [0.29, 0.717) is 23.5 Å². The van der Waals surface area contributed by atoms with Crippen molar-refractivity contribution in [3.05, 3.63) is 23.5 Å². The van der Waals surface area contributed by atoms with Gasteiger partial charge in [0.1, 0.15) is 0 Å². The molecule has 0 aromatic carbocycles. The second kappa shape index (κ2) is 7.66. The molecule has 0 fully saturated rings. The lowest BCUT2D eigenvalue weighted by atomic mass is 10.1. The van der Waals surface area contributed by atoms with Gasteiger partial charge in [0.25, 0.3) is 5.91 Å². The topological polar surface area (TPSA) is 88.2 Å². The van der Waals surface area contributed by atoms with Crippen LogP contribution in [0.2, 0.25) is 0 Å². The molecule has 0 atom stereocenters. The molecule has 4 N–H and O–H groups in total. The van der Waals surface area contributed by atoms with Crippen molar-refractivity contribution in [2.45, 2.75) is 32.6 Å². The molecule has 1 heterocycles. The molecule has 0 bridgehead atoms. The number of rotatable bonds is 7. The van der Waals surface area contributed by atoms with Gasteiger partial charge in [0.05, 0.1) is 23.1 Å². The molecule has 100 valence electrons. The standard InChI is InChI=1S/C13H21N3O2/c1-10-12(8-11(14)9-16-10)13(18)15-6-4-2-3-5-7-17/h8-9,17H,2-7,14H2,1H3,(H,15,18). The largest absolute Gasteiger partial charge is 0.397 e. The number of nitrogens with two attached hydrogens (primary N) is 1. The van der Waals surface area contributed by atoms with Gasteiger partial charge >= 0.3 is 0 Å². The fourth-order valence-electron chi connectivity index (χ4n) is 1.67. The van der Waals surface area contributed by atoms with E-state index in [-0.39, 0.29) is 12.5 Å². The molecule has 0 aliphatic rings. The Bertz CT molecular complexity index is 394. The fraction of sp³-hybridized carbons (Fsp3) is 0.538. The lowest BCUT2D eigenvalue weighted by molar-refractivity contribution is 0.0952. The molecule has 0 radical (unpaired) electrons. The van der Waals surface area contributed by atoms with Crippen molar-refractivity contribution in [3.8, 4) is 0 Å². The maximum absolute atomic E-state index is 11.9. The van der Waals surface area contributed by atoms with E-state index in [0.717, 1.165) is 25.7 Å². The second-order valence-electron chi connectivity index (χ2n) is 4.30. The summed E-state index contributed by atoms with van der Waals surface area (Å²) in [7, 11) is 0. The molecule has 0 saturated heterocycles. The first-order chi connectivity index (χ1) is 8.65. The zero-order chi connectivity index (χ0) is 13.4. The molecule has 1 aromatic heterocycles. The summed E-state index contributed by atoms with van der Waals surface area (Å²) >= 11 is 0. The summed E-state index contributed by atoms with van der Waals surface area (Å²) < 4.78 is 0. The first-order valence-corrected chi connectivity index (χ1v) is 6.26. The van der Waals surface area contributed by atoms with Crippen molar-refractivity contribution >= 4 is 11.6 Å². The van der Waals surface area contributed by atoms with Gasteiger partial charge in [-0.05, 0) is 25.8 Å². The average Bonchev–Trinajstić information content (AvgIpc) is 2.36. The van der Waals surface area contributed by atoms with Crippen LogP contribution in [0, 0.1) is 6.92 Å². The maximum atomic E-state index is 11.9. The first kappa shape index (κ1) is 14.4. The van der Waals surface area contributed by atoms with E-state index in [4.69, 9.17) is 10.8 Å². The van der Waals surface area contributed by atoms with E-state index in [2.05, 4.69) is 10.3 Å². The highest BCUT2D eigenvalue weighted by molar-refractivity contribution is 5.95. The van der Waals surface area contributed by atoms with E-state index in [1.165, 1.54) is 0 Å². The van der Waals surface area contributed by atoms with Crippen LogP contribution in [-0.2, 0) is 0 Å². The Morgan fingerprint density at radius 1 is 1.39 bits per heavy atom.